The zero-order chi connectivity index (χ0) is 14.6. The maximum atomic E-state index is 11.9. The molecule has 1 saturated heterocycles. The Labute approximate surface area is 118 Å². The van der Waals surface area contributed by atoms with Crippen LogP contribution < -0.4 is 0 Å². The van der Waals surface area contributed by atoms with Gasteiger partial charge in [-0.05, 0) is 43.0 Å². The van der Waals surface area contributed by atoms with Crippen LogP contribution in [0.15, 0.2) is 23.6 Å². The third kappa shape index (κ3) is 4.25. The molecule has 0 aromatic heterocycles. The van der Waals surface area contributed by atoms with E-state index in [1.165, 1.54) is 24.3 Å². The molecule has 0 amide bonds. The molecule has 1 heterocycles. The van der Waals surface area contributed by atoms with Gasteiger partial charge in [-0.25, -0.2) is 8.42 Å². The number of phenols is 2. The van der Waals surface area contributed by atoms with Gasteiger partial charge in [0.15, 0.2) is 21.3 Å². The monoisotopic (exact) mass is 298 g/mol. The van der Waals surface area contributed by atoms with Crippen molar-refractivity contribution in [2.45, 2.75) is 25.4 Å². The highest BCUT2D eigenvalue weighted by Crippen LogP contribution is 2.25. The maximum Gasteiger partial charge on any atom is 0.174 e. The second-order valence-corrected chi connectivity index (χ2v) is 6.80. The molecule has 1 aliphatic heterocycles. The molecule has 1 fully saturated rings. The van der Waals surface area contributed by atoms with Crippen LogP contribution in [0.25, 0.3) is 6.08 Å². The molecule has 6 heteroatoms. The Hall–Kier alpha value is -1.53. The second-order valence-electron chi connectivity index (χ2n) is 4.87. The average molecular weight is 298 g/mol. The van der Waals surface area contributed by atoms with Crippen molar-refractivity contribution in [3.8, 4) is 11.5 Å². The first-order valence-corrected chi connectivity index (χ1v) is 8.22. The standard InChI is InChI=1S/C14H18O5S/c15-13-5-4-11(9-14(13)16)6-8-20(17,18)10-12-3-1-2-7-19-12/h4-6,8-9,12,15-16H,1-3,7,10H2/b8-6+. The van der Waals surface area contributed by atoms with Crippen molar-refractivity contribution < 1.29 is 23.4 Å². The van der Waals surface area contributed by atoms with Crippen LogP contribution in [0.5, 0.6) is 11.5 Å². The van der Waals surface area contributed by atoms with Gasteiger partial charge in [0.25, 0.3) is 0 Å². The Morgan fingerprint density at radius 2 is 2.05 bits per heavy atom. The fourth-order valence-corrected chi connectivity index (χ4v) is 3.34. The molecule has 0 bridgehead atoms. The lowest BCUT2D eigenvalue weighted by molar-refractivity contribution is 0.0306. The first-order valence-electron chi connectivity index (χ1n) is 6.51. The third-order valence-electron chi connectivity index (χ3n) is 3.16. The maximum absolute atomic E-state index is 11.9. The molecule has 1 aromatic rings. The van der Waals surface area contributed by atoms with Crippen LogP contribution in [0.3, 0.4) is 0 Å². The molecule has 1 aliphatic rings. The highest BCUT2D eigenvalue weighted by atomic mass is 32.2. The second kappa shape index (κ2) is 6.28. The molecule has 5 nitrogen and oxygen atoms in total. The van der Waals surface area contributed by atoms with Crippen molar-refractivity contribution in [1.82, 2.24) is 0 Å². The average Bonchev–Trinajstić information content (AvgIpc) is 2.41. The summed E-state index contributed by atoms with van der Waals surface area (Å²) in [5.41, 5.74) is 0.508. The molecule has 0 aliphatic carbocycles. The van der Waals surface area contributed by atoms with E-state index in [0.717, 1.165) is 24.7 Å². The first kappa shape index (κ1) is 14.9. The summed E-state index contributed by atoms with van der Waals surface area (Å²) in [7, 11) is -3.35. The van der Waals surface area contributed by atoms with Crippen LogP contribution in [-0.2, 0) is 14.6 Å². The zero-order valence-electron chi connectivity index (χ0n) is 11.0. The molecule has 110 valence electrons. The summed E-state index contributed by atoms with van der Waals surface area (Å²) in [6.45, 7) is 0.621. The van der Waals surface area contributed by atoms with Crippen molar-refractivity contribution in [2.24, 2.45) is 0 Å². The molecule has 2 rings (SSSR count). The van der Waals surface area contributed by atoms with Gasteiger partial charge < -0.3 is 14.9 Å². The van der Waals surface area contributed by atoms with Gasteiger partial charge in [-0.3, -0.25) is 0 Å². The molecule has 2 N–H and O–H groups in total. The van der Waals surface area contributed by atoms with Gasteiger partial charge >= 0.3 is 0 Å². The Bertz CT molecular complexity index is 586. The quantitative estimate of drug-likeness (QED) is 0.831. The number of ether oxygens (including phenoxy) is 1. The summed E-state index contributed by atoms with van der Waals surface area (Å²) in [4.78, 5) is 0. The normalized spacial score (nSPS) is 20.3. The lowest BCUT2D eigenvalue weighted by Crippen LogP contribution is -2.26. The summed E-state index contributed by atoms with van der Waals surface area (Å²) in [6.07, 6.45) is 3.92. The van der Waals surface area contributed by atoms with Gasteiger partial charge in [0.2, 0.25) is 0 Å². The van der Waals surface area contributed by atoms with Gasteiger partial charge in [-0.2, -0.15) is 0 Å². The minimum Gasteiger partial charge on any atom is -0.504 e. The lowest BCUT2D eigenvalue weighted by atomic mass is 10.1. The van der Waals surface area contributed by atoms with Crippen LogP contribution in [0.4, 0.5) is 0 Å². The fourth-order valence-electron chi connectivity index (χ4n) is 2.08. The van der Waals surface area contributed by atoms with Crippen LogP contribution in [0.1, 0.15) is 24.8 Å². The van der Waals surface area contributed by atoms with E-state index in [9.17, 15) is 18.6 Å². The summed E-state index contributed by atoms with van der Waals surface area (Å²) in [5.74, 6) is -0.533. The largest absolute Gasteiger partial charge is 0.504 e. The Kier molecular flexibility index (Phi) is 4.67. The van der Waals surface area contributed by atoms with E-state index >= 15 is 0 Å². The number of hydrogen-bond donors (Lipinski definition) is 2. The number of sulfone groups is 1. The molecule has 20 heavy (non-hydrogen) atoms. The van der Waals surface area contributed by atoms with Crippen molar-refractivity contribution in [2.75, 3.05) is 12.4 Å². The predicted octanol–water partition coefficient (Wildman–Crippen LogP) is 2.05. The van der Waals surface area contributed by atoms with Crippen LogP contribution in [-0.4, -0.2) is 37.1 Å². The summed E-state index contributed by atoms with van der Waals surface area (Å²) in [5, 5.41) is 19.6. The molecule has 1 aromatic carbocycles. The number of aromatic hydroxyl groups is 2. The van der Waals surface area contributed by atoms with E-state index in [-0.39, 0.29) is 23.4 Å². The van der Waals surface area contributed by atoms with Gasteiger partial charge in [0, 0.05) is 12.0 Å². The van der Waals surface area contributed by atoms with Gasteiger partial charge in [0.1, 0.15) is 0 Å². The van der Waals surface area contributed by atoms with Gasteiger partial charge in [-0.1, -0.05) is 6.07 Å². The Balaban J connectivity index is 2.02. The lowest BCUT2D eigenvalue weighted by Gasteiger charge is -2.21. The summed E-state index contributed by atoms with van der Waals surface area (Å²) in [6, 6.07) is 4.14. The number of benzene rings is 1. The van der Waals surface area contributed by atoms with Gasteiger partial charge in [-0.15, -0.1) is 0 Å². The molecule has 0 spiro atoms. The number of phenolic OH excluding ortho intramolecular Hbond substituents is 2. The van der Waals surface area contributed by atoms with Crippen LogP contribution in [0, 0.1) is 0 Å². The topological polar surface area (TPSA) is 83.8 Å². The summed E-state index contributed by atoms with van der Waals surface area (Å²) >= 11 is 0. The van der Waals surface area contributed by atoms with Gasteiger partial charge in [0.05, 0.1) is 11.9 Å². The van der Waals surface area contributed by atoms with Crippen LogP contribution >= 0.6 is 0 Å². The minimum absolute atomic E-state index is 0.0203. The van der Waals surface area contributed by atoms with E-state index in [4.69, 9.17) is 4.74 Å². The summed E-state index contributed by atoms with van der Waals surface area (Å²) < 4.78 is 29.3. The van der Waals surface area contributed by atoms with Crippen molar-refractivity contribution in [3.63, 3.8) is 0 Å². The molecule has 1 atom stereocenters. The van der Waals surface area contributed by atoms with E-state index in [1.54, 1.807) is 0 Å². The smallest absolute Gasteiger partial charge is 0.174 e. The van der Waals surface area contributed by atoms with E-state index in [1.807, 2.05) is 0 Å². The molecule has 0 radical (unpaired) electrons. The molecule has 0 saturated carbocycles. The fraction of sp³-hybridized carbons (Fsp3) is 0.429. The highest BCUT2D eigenvalue weighted by Gasteiger charge is 2.20. The third-order valence-corrected chi connectivity index (χ3v) is 4.55. The zero-order valence-corrected chi connectivity index (χ0v) is 11.8. The van der Waals surface area contributed by atoms with Crippen molar-refractivity contribution in [3.05, 3.63) is 29.2 Å². The highest BCUT2D eigenvalue weighted by molar-refractivity contribution is 7.94. The molecular weight excluding hydrogens is 280 g/mol. The van der Waals surface area contributed by atoms with E-state index < -0.39 is 9.84 Å². The molecule has 1 unspecified atom stereocenters. The Morgan fingerprint density at radius 1 is 1.25 bits per heavy atom. The number of hydrogen-bond acceptors (Lipinski definition) is 5. The molecular formula is C14H18O5S. The number of rotatable bonds is 4. The first-order chi connectivity index (χ1) is 9.46. The Morgan fingerprint density at radius 3 is 2.70 bits per heavy atom. The predicted molar refractivity (Wildman–Crippen MR) is 76.2 cm³/mol. The minimum atomic E-state index is -3.35. The van der Waals surface area contributed by atoms with E-state index in [2.05, 4.69) is 0 Å². The van der Waals surface area contributed by atoms with E-state index in [0.29, 0.717) is 12.2 Å². The van der Waals surface area contributed by atoms with Crippen molar-refractivity contribution in [1.29, 1.82) is 0 Å². The SMILES string of the molecule is O=S(=O)(/C=C/c1ccc(O)c(O)c1)CC1CCCCO1. The van der Waals surface area contributed by atoms with Crippen molar-refractivity contribution >= 4 is 15.9 Å². The van der Waals surface area contributed by atoms with Crippen LogP contribution in [0.2, 0.25) is 0 Å².